The highest BCUT2D eigenvalue weighted by molar-refractivity contribution is 7.13. The zero-order chi connectivity index (χ0) is 28.7. The average Bonchev–Trinajstić information content (AvgIpc) is 3.75. The van der Waals surface area contributed by atoms with Gasteiger partial charge in [-0.25, -0.2) is 4.98 Å². The topological polar surface area (TPSA) is 47.7 Å². The van der Waals surface area contributed by atoms with Crippen LogP contribution in [-0.2, 0) is 25.6 Å². The molecule has 5 nitrogen and oxygen atoms in total. The number of rotatable bonds is 8. The first-order valence-corrected chi connectivity index (χ1v) is 14.6. The van der Waals surface area contributed by atoms with Gasteiger partial charge in [-0.3, -0.25) is 4.68 Å². The number of anilines is 1. The van der Waals surface area contributed by atoms with E-state index < -0.39 is 17.8 Å². The molecule has 0 fully saturated rings. The van der Waals surface area contributed by atoms with Crippen molar-refractivity contribution in [3.63, 3.8) is 0 Å². The van der Waals surface area contributed by atoms with Gasteiger partial charge in [-0.2, -0.15) is 18.3 Å². The highest BCUT2D eigenvalue weighted by atomic mass is 32.1. The van der Waals surface area contributed by atoms with Crippen LogP contribution in [0.15, 0.2) is 78.4 Å². The van der Waals surface area contributed by atoms with Crippen LogP contribution >= 0.6 is 11.3 Å². The summed E-state index contributed by atoms with van der Waals surface area (Å²) in [6.45, 7) is 8.78. The molecule has 2 aromatic carbocycles. The molecule has 1 aliphatic rings. The Labute approximate surface area is 240 Å². The summed E-state index contributed by atoms with van der Waals surface area (Å²) in [5, 5.41) is 10.7. The van der Waals surface area contributed by atoms with Gasteiger partial charge in [0.05, 0.1) is 16.8 Å². The quantitative estimate of drug-likeness (QED) is 0.189. The summed E-state index contributed by atoms with van der Waals surface area (Å²) in [7, 11) is 0. The van der Waals surface area contributed by atoms with E-state index in [-0.39, 0.29) is 5.39 Å². The lowest BCUT2D eigenvalue weighted by Crippen LogP contribution is -2.19. The highest BCUT2D eigenvalue weighted by Gasteiger charge is 2.36. The molecule has 0 saturated carbocycles. The summed E-state index contributed by atoms with van der Waals surface area (Å²) >= 11 is 1.42. The molecule has 5 aromatic rings. The smallest absolute Gasteiger partial charge is 0.351 e. The first-order valence-electron chi connectivity index (χ1n) is 13.7. The molecule has 210 valence electrons. The minimum atomic E-state index is -4.56. The molecule has 4 heterocycles. The van der Waals surface area contributed by atoms with Crippen LogP contribution in [0.4, 0.5) is 18.3 Å². The molecular weight excluding hydrogens is 543 g/mol. The Morgan fingerprint density at radius 2 is 2.02 bits per heavy atom. The summed E-state index contributed by atoms with van der Waals surface area (Å²) in [5.41, 5.74) is 8.44. The minimum Gasteiger partial charge on any atom is -0.351 e. The Morgan fingerprint density at radius 3 is 2.71 bits per heavy atom. The second-order valence-electron chi connectivity index (χ2n) is 10.4. The molecule has 0 spiro atoms. The van der Waals surface area contributed by atoms with Crippen molar-refractivity contribution < 1.29 is 13.2 Å². The van der Waals surface area contributed by atoms with Crippen LogP contribution in [0.1, 0.15) is 53.8 Å². The number of halogens is 3. The lowest BCUT2D eigenvalue weighted by atomic mass is 9.94. The van der Waals surface area contributed by atoms with Crippen molar-refractivity contribution in [1.29, 1.82) is 0 Å². The Bertz CT molecular complexity index is 1750. The van der Waals surface area contributed by atoms with E-state index in [9.17, 15) is 13.2 Å². The van der Waals surface area contributed by atoms with Crippen molar-refractivity contribution in [2.45, 2.75) is 58.3 Å². The van der Waals surface area contributed by atoms with Crippen LogP contribution < -0.4 is 5.32 Å². The second-order valence-corrected chi connectivity index (χ2v) is 11.3. The molecule has 0 saturated heterocycles. The minimum absolute atomic E-state index is 0.0693. The molecule has 1 aliphatic heterocycles. The number of hydrogen-bond acceptors (Lipinski definition) is 4. The molecule has 0 aliphatic carbocycles. The zero-order valence-corrected chi connectivity index (χ0v) is 23.7. The van der Waals surface area contributed by atoms with Crippen LogP contribution in [0.25, 0.3) is 22.0 Å². The molecule has 41 heavy (non-hydrogen) atoms. The maximum absolute atomic E-state index is 14.6. The van der Waals surface area contributed by atoms with Crippen LogP contribution in [-0.4, -0.2) is 19.3 Å². The van der Waals surface area contributed by atoms with E-state index in [0.29, 0.717) is 27.5 Å². The first-order chi connectivity index (χ1) is 19.8. The average molecular weight is 574 g/mol. The third-order valence-electron chi connectivity index (χ3n) is 7.80. The van der Waals surface area contributed by atoms with Gasteiger partial charge >= 0.3 is 6.18 Å². The fraction of sp³-hybridized carbons (Fsp3) is 0.281. The van der Waals surface area contributed by atoms with Crippen LogP contribution in [0.5, 0.6) is 0 Å². The molecule has 1 atom stereocenters. The number of allylic oxidation sites excluding steroid dienone is 1. The summed E-state index contributed by atoms with van der Waals surface area (Å²) in [6.07, 6.45) is 4.51. The van der Waals surface area contributed by atoms with E-state index >= 15 is 0 Å². The molecule has 0 amide bonds. The summed E-state index contributed by atoms with van der Waals surface area (Å²) in [6, 6.07) is 10.5. The molecule has 0 radical (unpaired) electrons. The summed E-state index contributed by atoms with van der Waals surface area (Å²) in [5.74, 6) is 0. The van der Waals surface area contributed by atoms with Crippen molar-refractivity contribution in [1.82, 2.24) is 19.3 Å². The van der Waals surface area contributed by atoms with Crippen LogP contribution in [0.3, 0.4) is 0 Å². The maximum atomic E-state index is 14.6. The van der Waals surface area contributed by atoms with Crippen molar-refractivity contribution in [3.05, 3.63) is 106 Å². The summed E-state index contributed by atoms with van der Waals surface area (Å²) < 4.78 is 47.5. The van der Waals surface area contributed by atoms with Gasteiger partial charge in [0.25, 0.3) is 0 Å². The van der Waals surface area contributed by atoms with Crippen LogP contribution in [0, 0.1) is 6.92 Å². The van der Waals surface area contributed by atoms with Gasteiger partial charge in [0.1, 0.15) is 6.04 Å². The molecular formula is C32H30F3N5S. The monoisotopic (exact) mass is 573 g/mol. The highest BCUT2D eigenvalue weighted by Crippen LogP contribution is 2.42. The molecule has 6 rings (SSSR count). The third-order valence-corrected chi connectivity index (χ3v) is 8.49. The van der Waals surface area contributed by atoms with Crippen molar-refractivity contribution in [2.24, 2.45) is 0 Å². The number of aryl methyl sites for hydroxylation is 3. The SMILES string of the molecule is C=C=C(Nc1nccs1)C(c1ccn2c1CCC2)n1cc2c(C(F)(F)F)cc(-c3ccc(CCC)cc3)c(C)c2n1. The van der Waals surface area contributed by atoms with Gasteiger partial charge in [-0.1, -0.05) is 44.2 Å². The predicted molar refractivity (Wildman–Crippen MR) is 158 cm³/mol. The molecule has 1 N–H and O–H groups in total. The van der Waals surface area contributed by atoms with Crippen molar-refractivity contribution >= 4 is 27.4 Å². The molecule has 9 heteroatoms. The van der Waals surface area contributed by atoms with E-state index in [2.05, 4.69) is 34.1 Å². The van der Waals surface area contributed by atoms with Crippen molar-refractivity contribution in [3.8, 4) is 11.1 Å². The Hall–Kier alpha value is -4.07. The lowest BCUT2D eigenvalue weighted by molar-refractivity contribution is -0.136. The van der Waals surface area contributed by atoms with E-state index in [1.54, 1.807) is 10.9 Å². The number of fused-ring (bicyclic) bond motifs is 2. The van der Waals surface area contributed by atoms with Gasteiger partial charge in [-0.05, 0) is 60.6 Å². The third kappa shape index (κ3) is 5.00. The number of aromatic nitrogens is 4. The van der Waals surface area contributed by atoms with Gasteiger partial charge in [0.2, 0.25) is 0 Å². The first kappa shape index (κ1) is 27.1. The zero-order valence-electron chi connectivity index (χ0n) is 22.9. The Balaban J connectivity index is 1.54. The number of hydrogen-bond donors (Lipinski definition) is 1. The number of alkyl halides is 3. The number of thiazole rings is 1. The maximum Gasteiger partial charge on any atom is 0.417 e. The van der Waals surface area contributed by atoms with Gasteiger partial charge < -0.3 is 9.88 Å². The van der Waals surface area contributed by atoms with Crippen LogP contribution in [0.2, 0.25) is 0 Å². The largest absolute Gasteiger partial charge is 0.417 e. The molecule has 1 unspecified atom stereocenters. The van der Waals surface area contributed by atoms with Gasteiger partial charge in [0, 0.05) is 47.2 Å². The predicted octanol–water partition coefficient (Wildman–Crippen LogP) is 8.56. The second kappa shape index (κ2) is 10.7. The number of nitrogens with one attached hydrogen (secondary N) is 1. The standard InChI is InChI=1S/C32H30F3N5S/c1-4-7-21-9-11-22(12-10-21)24-18-26(32(33,34)35)25-19-40(38-29(25)20(24)3)30(23-13-16-39-15-6-8-28(23)39)27(5-2)37-31-36-14-17-41-31/h9-14,16-19,30H,2,4,6-8,15H2,1,3H3,(H,36,37). The van der Waals surface area contributed by atoms with E-state index in [1.165, 1.54) is 23.6 Å². The molecule has 0 bridgehead atoms. The molecule has 3 aromatic heterocycles. The summed E-state index contributed by atoms with van der Waals surface area (Å²) in [4.78, 5) is 4.34. The fourth-order valence-corrected chi connectivity index (χ4v) is 6.40. The van der Waals surface area contributed by atoms with Gasteiger partial charge in [0.15, 0.2) is 5.13 Å². The lowest BCUT2D eigenvalue weighted by Gasteiger charge is -2.21. The van der Waals surface area contributed by atoms with E-state index in [1.807, 2.05) is 48.8 Å². The number of nitrogens with zero attached hydrogens (tertiary/aromatic N) is 4. The van der Waals surface area contributed by atoms with Gasteiger partial charge in [-0.15, -0.1) is 17.1 Å². The van der Waals surface area contributed by atoms with E-state index in [0.717, 1.165) is 54.6 Å². The van der Waals surface area contributed by atoms with Crippen molar-refractivity contribution in [2.75, 3.05) is 5.32 Å². The fourth-order valence-electron chi connectivity index (χ4n) is 5.86. The van der Waals surface area contributed by atoms with E-state index in [4.69, 9.17) is 5.10 Å². The normalized spacial score (nSPS) is 13.8. The number of benzene rings is 2. The Kier molecular flexibility index (Phi) is 7.09. The Morgan fingerprint density at radius 1 is 1.22 bits per heavy atom.